The highest BCUT2D eigenvalue weighted by molar-refractivity contribution is 7.89. The Morgan fingerprint density at radius 2 is 1.60 bits per heavy atom. The fraction of sp³-hybridized carbons (Fsp3) is 0.308. The van der Waals surface area contributed by atoms with Gasteiger partial charge < -0.3 is 15.4 Å². The topological polar surface area (TPSA) is 114 Å². The van der Waals surface area contributed by atoms with Crippen LogP contribution in [0.15, 0.2) is 71.6 Å². The van der Waals surface area contributed by atoms with Gasteiger partial charge in [0.15, 0.2) is 0 Å². The Morgan fingerprint density at radius 1 is 0.914 bits per heavy atom. The van der Waals surface area contributed by atoms with E-state index in [1.165, 1.54) is 6.07 Å². The summed E-state index contributed by atoms with van der Waals surface area (Å²) in [5.41, 5.74) is 1.29. The summed E-state index contributed by atoms with van der Waals surface area (Å²) < 4.78 is 33.1. The smallest absolute Gasteiger partial charge is 0.408 e. The van der Waals surface area contributed by atoms with Crippen LogP contribution in [0.25, 0.3) is 10.8 Å². The van der Waals surface area contributed by atoms with E-state index in [2.05, 4.69) is 15.4 Å². The summed E-state index contributed by atoms with van der Waals surface area (Å²) in [6.07, 6.45) is -0.0382. The highest BCUT2D eigenvalue weighted by atomic mass is 32.2. The predicted molar refractivity (Wildman–Crippen MR) is 136 cm³/mol. The predicted octanol–water partition coefficient (Wildman–Crippen LogP) is 4.42. The minimum absolute atomic E-state index is 0.0912. The summed E-state index contributed by atoms with van der Waals surface area (Å²) in [7, 11) is -3.70. The Balaban J connectivity index is 1.81. The van der Waals surface area contributed by atoms with Crippen molar-refractivity contribution >= 4 is 38.5 Å². The lowest BCUT2D eigenvalue weighted by atomic mass is 9.98. The molecule has 0 heterocycles. The second-order valence-corrected chi connectivity index (χ2v) is 9.95. The van der Waals surface area contributed by atoms with Gasteiger partial charge >= 0.3 is 6.09 Å². The van der Waals surface area contributed by atoms with E-state index in [1.807, 2.05) is 44.2 Å². The van der Waals surface area contributed by atoms with Crippen LogP contribution in [0.3, 0.4) is 0 Å². The average Bonchev–Trinajstić information content (AvgIpc) is 2.86. The van der Waals surface area contributed by atoms with Gasteiger partial charge in [-0.3, -0.25) is 4.79 Å². The van der Waals surface area contributed by atoms with Crippen LogP contribution in [0.5, 0.6) is 0 Å². The van der Waals surface area contributed by atoms with E-state index in [0.29, 0.717) is 22.9 Å². The summed E-state index contributed by atoms with van der Waals surface area (Å²) in [6, 6.07) is 18.4. The summed E-state index contributed by atoms with van der Waals surface area (Å²) in [5, 5.41) is 6.61. The zero-order valence-electron chi connectivity index (χ0n) is 20.1. The van der Waals surface area contributed by atoms with Gasteiger partial charge in [-0.25, -0.2) is 17.9 Å². The second-order valence-electron chi connectivity index (χ2n) is 8.22. The lowest BCUT2D eigenvalue weighted by Crippen LogP contribution is -2.47. The number of hydrogen-bond donors (Lipinski definition) is 3. The summed E-state index contributed by atoms with van der Waals surface area (Å²) >= 11 is 0. The molecule has 0 fully saturated rings. The SMILES string of the molecule is CCNS(=O)(=O)c1cccc2c(NC(=O)[C@H](NC(=O)OCc3ccccc3)[C@H](C)CC)cccc12. The quantitative estimate of drug-likeness (QED) is 0.384. The number of hydrogen-bond acceptors (Lipinski definition) is 5. The number of fused-ring (bicyclic) bond motifs is 1. The van der Waals surface area contributed by atoms with Crippen molar-refractivity contribution in [2.24, 2.45) is 5.92 Å². The zero-order chi connectivity index (χ0) is 25.4. The van der Waals surface area contributed by atoms with Crippen molar-refractivity contribution in [2.45, 2.75) is 44.7 Å². The number of amides is 2. The van der Waals surface area contributed by atoms with Crippen molar-refractivity contribution in [1.29, 1.82) is 0 Å². The molecule has 3 aromatic carbocycles. The van der Waals surface area contributed by atoms with Crippen molar-refractivity contribution in [3.05, 3.63) is 72.3 Å². The lowest BCUT2D eigenvalue weighted by Gasteiger charge is -2.23. The number of alkyl carbamates (subject to hydrolysis) is 1. The van der Waals surface area contributed by atoms with Crippen LogP contribution in [0.4, 0.5) is 10.5 Å². The van der Waals surface area contributed by atoms with Crippen LogP contribution >= 0.6 is 0 Å². The number of anilines is 1. The Kier molecular flexibility index (Phi) is 8.84. The van der Waals surface area contributed by atoms with E-state index in [4.69, 9.17) is 4.74 Å². The third kappa shape index (κ3) is 6.58. The van der Waals surface area contributed by atoms with Crippen molar-refractivity contribution in [1.82, 2.24) is 10.0 Å². The molecule has 35 heavy (non-hydrogen) atoms. The van der Waals surface area contributed by atoms with Crippen LogP contribution < -0.4 is 15.4 Å². The molecular weight excluding hydrogens is 466 g/mol. The summed E-state index contributed by atoms with van der Waals surface area (Å²) in [6.45, 7) is 5.86. The standard InChI is InChI=1S/C26H31N3O5S/c1-4-18(3)24(29-26(31)34-17-19-11-7-6-8-12-19)25(30)28-22-15-9-14-21-20(22)13-10-16-23(21)35(32,33)27-5-2/h6-16,18,24,27H,4-5,17H2,1-3H3,(H,28,30)(H,29,31)/t18-,24-/m1/s1. The molecule has 0 aliphatic heterocycles. The van der Waals surface area contributed by atoms with Crippen LogP contribution in [-0.2, 0) is 26.2 Å². The van der Waals surface area contributed by atoms with E-state index in [-0.39, 0.29) is 24.0 Å². The van der Waals surface area contributed by atoms with Crippen molar-refractivity contribution in [3.8, 4) is 0 Å². The lowest BCUT2D eigenvalue weighted by molar-refractivity contribution is -0.119. The molecule has 0 unspecified atom stereocenters. The van der Waals surface area contributed by atoms with Gasteiger partial charge in [0.05, 0.1) is 4.90 Å². The van der Waals surface area contributed by atoms with Gasteiger partial charge in [-0.05, 0) is 23.6 Å². The maximum atomic E-state index is 13.2. The first-order chi connectivity index (χ1) is 16.8. The second kappa shape index (κ2) is 11.8. The van der Waals surface area contributed by atoms with Crippen molar-refractivity contribution in [3.63, 3.8) is 0 Å². The van der Waals surface area contributed by atoms with Gasteiger partial charge in [0, 0.05) is 23.0 Å². The fourth-order valence-electron chi connectivity index (χ4n) is 3.70. The first kappa shape index (κ1) is 26.2. The molecule has 0 radical (unpaired) electrons. The molecule has 9 heteroatoms. The van der Waals surface area contributed by atoms with E-state index in [1.54, 1.807) is 37.3 Å². The molecule has 2 atom stereocenters. The molecule has 186 valence electrons. The number of ether oxygens (including phenoxy) is 1. The average molecular weight is 498 g/mol. The third-order valence-corrected chi connectivity index (χ3v) is 7.35. The van der Waals surface area contributed by atoms with E-state index >= 15 is 0 Å². The number of carbonyl (C=O) groups is 2. The number of rotatable bonds is 10. The van der Waals surface area contributed by atoms with Gasteiger partial charge in [0.25, 0.3) is 0 Å². The molecular formula is C26H31N3O5S. The van der Waals surface area contributed by atoms with Gasteiger partial charge in [-0.1, -0.05) is 81.8 Å². The van der Waals surface area contributed by atoms with Crippen LogP contribution in [0, 0.1) is 5.92 Å². The van der Waals surface area contributed by atoms with E-state index < -0.39 is 28.1 Å². The van der Waals surface area contributed by atoms with Crippen LogP contribution in [-0.4, -0.2) is 33.0 Å². The first-order valence-corrected chi connectivity index (χ1v) is 13.0. The van der Waals surface area contributed by atoms with Gasteiger partial charge in [0.2, 0.25) is 15.9 Å². The Bertz CT molecular complexity index is 1280. The zero-order valence-corrected chi connectivity index (χ0v) is 20.9. The monoisotopic (exact) mass is 497 g/mol. The molecule has 3 aromatic rings. The minimum Gasteiger partial charge on any atom is -0.445 e. The molecule has 0 aliphatic rings. The highest BCUT2D eigenvalue weighted by Gasteiger charge is 2.27. The molecule has 0 aromatic heterocycles. The molecule has 0 spiro atoms. The van der Waals surface area contributed by atoms with Gasteiger partial charge in [-0.2, -0.15) is 0 Å². The molecule has 3 N–H and O–H groups in total. The molecule has 0 bridgehead atoms. The highest BCUT2D eigenvalue weighted by Crippen LogP contribution is 2.29. The number of carbonyl (C=O) groups excluding carboxylic acids is 2. The van der Waals surface area contributed by atoms with Crippen LogP contribution in [0.2, 0.25) is 0 Å². The maximum Gasteiger partial charge on any atom is 0.408 e. The van der Waals surface area contributed by atoms with Gasteiger partial charge in [0.1, 0.15) is 12.6 Å². The van der Waals surface area contributed by atoms with Crippen LogP contribution in [0.1, 0.15) is 32.8 Å². The largest absolute Gasteiger partial charge is 0.445 e. The molecule has 0 saturated carbocycles. The van der Waals surface area contributed by atoms with Crippen molar-refractivity contribution in [2.75, 3.05) is 11.9 Å². The van der Waals surface area contributed by atoms with Gasteiger partial charge in [-0.15, -0.1) is 0 Å². The molecule has 8 nitrogen and oxygen atoms in total. The minimum atomic E-state index is -3.70. The van der Waals surface area contributed by atoms with E-state index in [9.17, 15) is 18.0 Å². The molecule has 2 amide bonds. The third-order valence-electron chi connectivity index (χ3n) is 5.75. The fourth-order valence-corrected chi connectivity index (χ4v) is 4.96. The Labute approximate surface area is 206 Å². The van der Waals surface area contributed by atoms with E-state index in [0.717, 1.165) is 5.56 Å². The van der Waals surface area contributed by atoms with Crippen molar-refractivity contribution < 1.29 is 22.7 Å². The normalized spacial score (nSPS) is 13.1. The summed E-state index contributed by atoms with van der Waals surface area (Å²) in [5.74, 6) is -0.581. The molecule has 0 aliphatic carbocycles. The molecule has 3 rings (SSSR count). The molecule has 0 saturated heterocycles. The number of benzene rings is 3. The number of nitrogens with one attached hydrogen (secondary N) is 3. The Hall–Kier alpha value is -3.43. The maximum absolute atomic E-state index is 13.2. The first-order valence-electron chi connectivity index (χ1n) is 11.6. The number of sulfonamides is 1. The summed E-state index contributed by atoms with van der Waals surface area (Å²) in [4.78, 5) is 25.8. The Morgan fingerprint density at radius 3 is 2.29 bits per heavy atom.